The first kappa shape index (κ1) is 20.5. The van der Waals surface area contributed by atoms with E-state index in [0.717, 1.165) is 17.4 Å². The number of fused-ring (bicyclic) bond motifs is 5. The average molecular weight is 464 g/mol. The highest BCUT2D eigenvalue weighted by molar-refractivity contribution is 6.15. The molecule has 1 aliphatic carbocycles. The number of amides is 3. The molecular weight excluding hydrogens is 434 g/mol. The predicted octanol–water partition coefficient (Wildman–Crippen LogP) is 2.53. The zero-order valence-corrected chi connectivity index (χ0v) is 19.9. The molecule has 8 rings (SSSR count). The molecule has 5 aliphatic heterocycles. The van der Waals surface area contributed by atoms with Crippen LogP contribution < -0.4 is 10.6 Å². The second kappa shape index (κ2) is 5.51. The summed E-state index contributed by atoms with van der Waals surface area (Å²) in [6, 6.07) is 5.55. The van der Waals surface area contributed by atoms with Crippen LogP contribution in [0.25, 0.3) is 11.0 Å². The van der Waals surface area contributed by atoms with Crippen molar-refractivity contribution in [2.45, 2.75) is 75.5 Å². The van der Waals surface area contributed by atoms with Crippen LogP contribution in [0.15, 0.2) is 22.6 Å². The van der Waals surface area contributed by atoms with Crippen LogP contribution in [0.5, 0.6) is 0 Å². The molecule has 2 aromatic rings. The van der Waals surface area contributed by atoms with Gasteiger partial charge in [-0.3, -0.25) is 14.4 Å². The largest absolute Gasteiger partial charge is 0.458 e. The Kier molecular flexibility index (Phi) is 3.32. The lowest BCUT2D eigenvalue weighted by atomic mass is 9.57. The van der Waals surface area contributed by atoms with Gasteiger partial charge >= 0.3 is 0 Å². The fraction of sp³-hybridized carbons (Fsp3) is 0.577. The van der Waals surface area contributed by atoms with Crippen molar-refractivity contribution >= 4 is 34.4 Å². The Hall–Kier alpha value is -2.87. The number of carbonyl (C=O) groups excluding carboxylic acids is 3. The maximum absolute atomic E-state index is 13.9. The molecule has 1 aromatic carbocycles. The number of benzene rings is 1. The number of nitrogens with one attached hydrogen (secondary N) is 2. The number of piperazine rings is 1. The van der Waals surface area contributed by atoms with Crippen LogP contribution in [-0.2, 0) is 25.4 Å². The Morgan fingerprint density at radius 1 is 1.18 bits per heavy atom. The molecule has 8 heteroatoms. The number of anilines is 1. The molecule has 1 aromatic heterocycles. The minimum atomic E-state index is -1.16. The van der Waals surface area contributed by atoms with Crippen molar-refractivity contribution in [2.24, 2.45) is 11.3 Å². The van der Waals surface area contributed by atoms with Crippen molar-refractivity contribution in [3.8, 4) is 0 Å². The fourth-order valence-corrected chi connectivity index (χ4v) is 8.20. The normalized spacial score (nSPS) is 37.3. The van der Waals surface area contributed by atoms with Crippen LogP contribution in [0.3, 0.4) is 0 Å². The molecule has 1 unspecified atom stereocenters. The van der Waals surface area contributed by atoms with Gasteiger partial charge in [-0.2, -0.15) is 0 Å². The fourth-order valence-electron chi connectivity index (χ4n) is 8.20. The lowest BCUT2D eigenvalue weighted by Crippen LogP contribution is -2.81. The number of furan rings is 1. The maximum atomic E-state index is 13.9. The summed E-state index contributed by atoms with van der Waals surface area (Å²) in [7, 11) is 0. The minimum absolute atomic E-state index is 0.0271. The molecule has 6 aliphatic rings. The van der Waals surface area contributed by atoms with Crippen LogP contribution in [0.1, 0.15) is 64.7 Å². The highest BCUT2D eigenvalue weighted by Gasteiger charge is 2.80. The SMILES string of the molecule is CC(C)(O)c1cc2c3c(ccc2o1)[C@@]1(CC24NC(=O)[C@]5(CCCN5C2=O)C[C@@H]4C1(C)C)C(=O)N3. The topological polar surface area (TPSA) is 112 Å². The summed E-state index contributed by atoms with van der Waals surface area (Å²) in [4.78, 5) is 43.0. The van der Waals surface area contributed by atoms with E-state index in [1.807, 2.05) is 12.1 Å². The molecular formula is C26H29N3O5. The first-order valence-corrected chi connectivity index (χ1v) is 12.1. The second-order valence-electron chi connectivity index (χ2n) is 12.1. The smallest absolute Gasteiger partial charge is 0.249 e. The Labute approximate surface area is 197 Å². The molecule has 2 bridgehead atoms. The molecule has 1 saturated carbocycles. The molecule has 0 radical (unpaired) electrons. The minimum Gasteiger partial charge on any atom is -0.458 e. The van der Waals surface area contributed by atoms with Gasteiger partial charge in [-0.25, -0.2) is 0 Å². The lowest BCUT2D eigenvalue weighted by molar-refractivity contribution is -0.175. The number of aliphatic hydroxyl groups is 1. The van der Waals surface area contributed by atoms with Crippen molar-refractivity contribution in [3.63, 3.8) is 0 Å². The van der Waals surface area contributed by atoms with Gasteiger partial charge in [0.25, 0.3) is 0 Å². The summed E-state index contributed by atoms with van der Waals surface area (Å²) in [6.45, 7) is 8.08. The zero-order valence-electron chi connectivity index (χ0n) is 19.9. The number of hydrogen-bond acceptors (Lipinski definition) is 5. The van der Waals surface area contributed by atoms with Crippen LogP contribution in [0, 0.1) is 11.3 Å². The number of rotatable bonds is 1. The molecule has 4 atom stereocenters. The van der Waals surface area contributed by atoms with Gasteiger partial charge in [-0.1, -0.05) is 19.9 Å². The Balaban J connectivity index is 1.45. The van der Waals surface area contributed by atoms with Gasteiger partial charge in [0, 0.05) is 17.8 Å². The van der Waals surface area contributed by atoms with Crippen LogP contribution in [-0.4, -0.2) is 45.4 Å². The molecule has 5 fully saturated rings. The monoisotopic (exact) mass is 463 g/mol. The summed E-state index contributed by atoms with van der Waals surface area (Å²) >= 11 is 0. The first-order valence-electron chi connectivity index (χ1n) is 12.1. The molecule has 8 nitrogen and oxygen atoms in total. The summed E-state index contributed by atoms with van der Waals surface area (Å²) < 4.78 is 5.90. The molecule has 3 N–H and O–H groups in total. The van der Waals surface area contributed by atoms with E-state index < -0.39 is 27.5 Å². The maximum Gasteiger partial charge on any atom is 0.249 e. The van der Waals surface area contributed by atoms with Gasteiger partial charge in [-0.05, 0) is 62.6 Å². The molecule has 4 saturated heterocycles. The third kappa shape index (κ3) is 1.90. The van der Waals surface area contributed by atoms with Gasteiger partial charge in [-0.15, -0.1) is 0 Å². The molecule has 3 amide bonds. The highest BCUT2D eigenvalue weighted by Crippen LogP contribution is 2.70. The molecule has 178 valence electrons. The summed E-state index contributed by atoms with van der Waals surface area (Å²) in [6.07, 6.45) is 2.35. The molecule has 34 heavy (non-hydrogen) atoms. The van der Waals surface area contributed by atoms with Crippen LogP contribution >= 0.6 is 0 Å². The number of hydrogen-bond donors (Lipinski definition) is 3. The van der Waals surface area contributed by atoms with E-state index in [1.54, 1.807) is 24.8 Å². The molecule has 3 spiro atoms. The van der Waals surface area contributed by atoms with Gasteiger partial charge in [0.1, 0.15) is 28.0 Å². The van der Waals surface area contributed by atoms with Gasteiger partial charge < -0.3 is 25.1 Å². The quantitative estimate of drug-likeness (QED) is 0.602. The standard InChI is InChI=1S/C26H29N3O5/c1-22(2)16-11-24-8-5-9-29(24)21(32)26(16,28-19(24)30)12-25(22)14-6-7-15-13(18(14)27-20(25)31)10-17(34-15)23(3,4)33/h6-7,10,16,33H,5,8-9,11-12H2,1-4H3,(H,27,31)(H,28,30)/t16-,24+,25+,26?/m1/s1. The van der Waals surface area contributed by atoms with E-state index in [1.165, 1.54) is 0 Å². The third-order valence-electron chi connectivity index (χ3n) is 9.92. The van der Waals surface area contributed by atoms with Gasteiger partial charge in [0.2, 0.25) is 17.7 Å². The first-order chi connectivity index (χ1) is 15.9. The second-order valence-corrected chi connectivity index (χ2v) is 12.1. The van der Waals surface area contributed by atoms with Crippen LogP contribution in [0.2, 0.25) is 0 Å². The van der Waals surface area contributed by atoms with Crippen molar-refractivity contribution in [1.29, 1.82) is 0 Å². The van der Waals surface area contributed by atoms with Crippen molar-refractivity contribution in [3.05, 3.63) is 29.5 Å². The van der Waals surface area contributed by atoms with Crippen LogP contribution in [0.4, 0.5) is 5.69 Å². The van der Waals surface area contributed by atoms with E-state index in [2.05, 4.69) is 24.5 Å². The Bertz CT molecular complexity index is 1350. The van der Waals surface area contributed by atoms with Crippen molar-refractivity contribution in [2.75, 3.05) is 11.9 Å². The summed E-state index contributed by atoms with van der Waals surface area (Å²) in [5.41, 5.74) is -2.46. The van der Waals surface area contributed by atoms with Crippen molar-refractivity contribution < 1.29 is 23.9 Å². The number of piperidine rings is 2. The van der Waals surface area contributed by atoms with E-state index in [9.17, 15) is 19.5 Å². The predicted molar refractivity (Wildman–Crippen MR) is 123 cm³/mol. The van der Waals surface area contributed by atoms with E-state index in [4.69, 9.17) is 4.42 Å². The van der Waals surface area contributed by atoms with Gasteiger partial charge in [0.15, 0.2) is 0 Å². The Morgan fingerprint density at radius 2 is 1.94 bits per heavy atom. The zero-order chi connectivity index (χ0) is 24.1. The Morgan fingerprint density at radius 3 is 2.68 bits per heavy atom. The van der Waals surface area contributed by atoms with E-state index in [0.29, 0.717) is 36.4 Å². The number of nitrogens with zero attached hydrogens (tertiary/aromatic N) is 1. The molecule has 6 heterocycles. The van der Waals surface area contributed by atoms with Crippen molar-refractivity contribution in [1.82, 2.24) is 10.2 Å². The van der Waals surface area contributed by atoms with E-state index >= 15 is 0 Å². The van der Waals surface area contributed by atoms with Gasteiger partial charge in [0.05, 0.1) is 11.1 Å². The average Bonchev–Trinajstić information content (AvgIpc) is 3.47. The highest BCUT2D eigenvalue weighted by atomic mass is 16.4. The third-order valence-corrected chi connectivity index (χ3v) is 9.92. The summed E-state index contributed by atoms with van der Waals surface area (Å²) in [5.74, 6) is 0.0409. The summed E-state index contributed by atoms with van der Waals surface area (Å²) in [5, 5.41) is 17.5. The van der Waals surface area contributed by atoms with E-state index in [-0.39, 0.29) is 30.1 Å². The number of carbonyl (C=O) groups is 3. The lowest BCUT2D eigenvalue weighted by Gasteiger charge is -2.59.